The van der Waals surface area contributed by atoms with Crippen LogP contribution in [-0.2, 0) is 5.54 Å². The Hall–Kier alpha value is -3.72. The van der Waals surface area contributed by atoms with Crippen LogP contribution < -0.4 is 0 Å². The van der Waals surface area contributed by atoms with Crippen LogP contribution in [-0.4, -0.2) is 14.5 Å². The molecule has 150 valence electrons. The first-order valence-corrected chi connectivity index (χ1v) is 10.7. The summed E-state index contributed by atoms with van der Waals surface area (Å²) in [6, 6.07) is 21.9. The van der Waals surface area contributed by atoms with Gasteiger partial charge in [0.1, 0.15) is 0 Å². The van der Waals surface area contributed by atoms with Gasteiger partial charge < -0.3 is 4.57 Å². The van der Waals surface area contributed by atoms with Crippen molar-refractivity contribution in [1.29, 1.82) is 0 Å². The zero-order chi connectivity index (χ0) is 21.2. The van der Waals surface area contributed by atoms with Gasteiger partial charge in [0.15, 0.2) is 0 Å². The van der Waals surface area contributed by atoms with E-state index in [1.54, 1.807) is 0 Å². The molecule has 2 aromatic carbocycles. The lowest BCUT2D eigenvalue weighted by Gasteiger charge is -2.25. The lowest BCUT2D eigenvalue weighted by atomic mass is 9.89. The van der Waals surface area contributed by atoms with Gasteiger partial charge in [-0.15, -0.1) is 0 Å². The molecule has 0 fully saturated rings. The van der Waals surface area contributed by atoms with Gasteiger partial charge in [0.25, 0.3) is 0 Å². The number of hydrogen-bond acceptors (Lipinski definition) is 2. The zero-order valence-corrected chi connectivity index (χ0v) is 17.9. The molecule has 1 aliphatic heterocycles. The van der Waals surface area contributed by atoms with Crippen molar-refractivity contribution in [1.82, 2.24) is 14.5 Å². The molecule has 6 rings (SSSR count). The number of aromatic nitrogens is 3. The first-order valence-electron chi connectivity index (χ1n) is 10.7. The Labute approximate surface area is 182 Å². The van der Waals surface area contributed by atoms with Crippen LogP contribution >= 0.6 is 0 Å². The SMILES string of the molecule is Cc1c2n(c3ccc(-c4cccnc4)cc13)C(C)(C)c1cc(-c3cccnc3)ccc1-2. The first kappa shape index (κ1) is 18.1. The van der Waals surface area contributed by atoms with Gasteiger partial charge in [-0.05, 0) is 78.9 Å². The number of hydrogen-bond donors (Lipinski definition) is 0. The maximum atomic E-state index is 4.30. The van der Waals surface area contributed by atoms with Crippen LogP contribution in [0.25, 0.3) is 44.4 Å². The fourth-order valence-corrected chi connectivity index (χ4v) is 5.15. The quantitative estimate of drug-likeness (QED) is 0.324. The van der Waals surface area contributed by atoms with E-state index in [1.165, 1.54) is 44.4 Å². The molecule has 0 N–H and O–H groups in total. The summed E-state index contributed by atoms with van der Waals surface area (Å²) >= 11 is 0. The van der Waals surface area contributed by atoms with Crippen LogP contribution in [0.15, 0.2) is 85.5 Å². The maximum Gasteiger partial charge on any atom is 0.0653 e. The molecule has 3 nitrogen and oxygen atoms in total. The van der Waals surface area contributed by atoms with E-state index in [4.69, 9.17) is 0 Å². The van der Waals surface area contributed by atoms with Gasteiger partial charge in [0, 0.05) is 46.8 Å². The number of pyridine rings is 2. The normalized spacial score (nSPS) is 13.9. The van der Waals surface area contributed by atoms with Crippen molar-refractivity contribution in [3.63, 3.8) is 0 Å². The third kappa shape index (κ3) is 2.53. The van der Waals surface area contributed by atoms with Crippen molar-refractivity contribution in [2.75, 3.05) is 0 Å². The number of rotatable bonds is 2. The second kappa shape index (κ2) is 6.39. The van der Waals surface area contributed by atoms with Crippen LogP contribution in [0, 0.1) is 6.92 Å². The fourth-order valence-electron chi connectivity index (χ4n) is 5.15. The van der Waals surface area contributed by atoms with Crippen LogP contribution in [0.2, 0.25) is 0 Å². The standard InChI is InChI=1S/C28H23N3/c1-18-24-14-19(21-6-4-12-29-16-21)9-11-26(24)31-27(18)23-10-8-20(15-25(23)28(31,2)3)22-7-5-13-30-17-22/h4-17H,1-3H3. The topological polar surface area (TPSA) is 30.7 Å². The van der Waals surface area contributed by atoms with Crippen molar-refractivity contribution >= 4 is 10.9 Å². The molecule has 3 aromatic heterocycles. The van der Waals surface area contributed by atoms with E-state index >= 15 is 0 Å². The lowest BCUT2D eigenvalue weighted by molar-refractivity contribution is 0.475. The van der Waals surface area contributed by atoms with Crippen molar-refractivity contribution in [2.45, 2.75) is 26.3 Å². The summed E-state index contributed by atoms with van der Waals surface area (Å²) in [6.45, 7) is 6.90. The van der Waals surface area contributed by atoms with E-state index < -0.39 is 0 Å². The summed E-state index contributed by atoms with van der Waals surface area (Å²) < 4.78 is 2.52. The summed E-state index contributed by atoms with van der Waals surface area (Å²) in [5, 5.41) is 1.31. The van der Waals surface area contributed by atoms with E-state index in [2.05, 4.69) is 83.8 Å². The summed E-state index contributed by atoms with van der Waals surface area (Å²) in [7, 11) is 0. The van der Waals surface area contributed by atoms with E-state index in [0.29, 0.717) is 0 Å². The monoisotopic (exact) mass is 401 g/mol. The number of benzene rings is 2. The van der Waals surface area contributed by atoms with Gasteiger partial charge >= 0.3 is 0 Å². The van der Waals surface area contributed by atoms with E-state index in [1.807, 2.05) is 36.9 Å². The van der Waals surface area contributed by atoms with Crippen molar-refractivity contribution in [3.8, 4) is 33.5 Å². The average Bonchev–Trinajstić information content (AvgIpc) is 3.24. The second-order valence-electron chi connectivity index (χ2n) is 8.84. The number of aryl methyl sites for hydroxylation is 1. The minimum atomic E-state index is -0.134. The van der Waals surface area contributed by atoms with Crippen molar-refractivity contribution < 1.29 is 0 Å². The van der Waals surface area contributed by atoms with Gasteiger partial charge in [-0.2, -0.15) is 0 Å². The average molecular weight is 402 g/mol. The fraction of sp³-hybridized carbons (Fsp3) is 0.143. The molecule has 31 heavy (non-hydrogen) atoms. The molecule has 0 atom stereocenters. The Kier molecular flexibility index (Phi) is 3.73. The summed E-state index contributed by atoms with van der Waals surface area (Å²) in [5.74, 6) is 0. The van der Waals surface area contributed by atoms with Gasteiger partial charge in [-0.25, -0.2) is 0 Å². The second-order valence-corrected chi connectivity index (χ2v) is 8.84. The summed E-state index contributed by atoms with van der Waals surface area (Å²) in [5.41, 5.74) is 11.2. The minimum absolute atomic E-state index is 0.134. The highest BCUT2D eigenvalue weighted by atomic mass is 15.1. The molecular weight excluding hydrogens is 378 g/mol. The molecule has 5 aromatic rings. The highest BCUT2D eigenvalue weighted by Gasteiger charge is 2.38. The Morgan fingerprint density at radius 1 is 0.742 bits per heavy atom. The highest BCUT2D eigenvalue weighted by molar-refractivity contribution is 5.97. The highest BCUT2D eigenvalue weighted by Crippen LogP contribution is 2.50. The van der Waals surface area contributed by atoms with E-state index in [0.717, 1.165) is 11.1 Å². The van der Waals surface area contributed by atoms with Gasteiger partial charge in [-0.1, -0.05) is 30.3 Å². The third-order valence-corrected chi connectivity index (χ3v) is 6.70. The number of nitrogens with zero attached hydrogens (tertiary/aromatic N) is 3. The van der Waals surface area contributed by atoms with Crippen LogP contribution in [0.5, 0.6) is 0 Å². The molecule has 0 saturated heterocycles. The molecule has 0 radical (unpaired) electrons. The molecule has 4 heterocycles. The third-order valence-electron chi connectivity index (χ3n) is 6.70. The van der Waals surface area contributed by atoms with E-state index in [9.17, 15) is 0 Å². The molecule has 0 bridgehead atoms. The van der Waals surface area contributed by atoms with Gasteiger partial charge in [0.05, 0.1) is 11.2 Å². The van der Waals surface area contributed by atoms with Crippen molar-refractivity contribution in [2.24, 2.45) is 0 Å². The lowest BCUT2D eigenvalue weighted by Crippen LogP contribution is -2.23. The van der Waals surface area contributed by atoms with Gasteiger partial charge in [-0.3, -0.25) is 9.97 Å². The van der Waals surface area contributed by atoms with Crippen LogP contribution in [0.4, 0.5) is 0 Å². The zero-order valence-electron chi connectivity index (χ0n) is 17.9. The maximum absolute atomic E-state index is 4.30. The molecule has 1 aliphatic rings. The molecule has 0 amide bonds. The van der Waals surface area contributed by atoms with Crippen LogP contribution in [0.3, 0.4) is 0 Å². The Morgan fingerprint density at radius 3 is 2.03 bits per heavy atom. The summed E-state index contributed by atoms with van der Waals surface area (Å²) in [6.07, 6.45) is 7.51. The Balaban J connectivity index is 1.57. The van der Waals surface area contributed by atoms with Crippen molar-refractivity contribution in [3.05, 3.63) is 96.6 Å². The molecular formula is C28H23N3. The van der Waals surface area contributed by atoms with Gasteiger partial charge in [0.2, 0.25) is 0 Å². The van der Waals surface area contributed by atoms with Crippen LogP contribution in [0.1, 0.15) is 25.0 Å². The smallest absolute Gasteiger partial charge is 0.0653 e. The molecule has 0 unspecified atom stereocenters. The Morgan fingerprint density at radius 2 is 1.39 bits per heavy atom. The predicted octanol–water partition coefficient (Wildman–Crippen LogP) is 6.84. The molecule has 0 aliphatic carbocycles. The molecule has 0 saturated carbocycles. The predicted molar refractivity (Wildman–Crippen MR) is 127 cm³/mol. The first-order chi connectivity index (χ1) is 15.1. The Bertz CT molecular complexity index is 1440. The minimum Gasteiger partial charge on any atom is -0.330 e. The number of fused-ring (bicyclic) bond motifs is 5. The largest absolute Gasteiger partial charge is 0.330 e. The van der Waals surface area contributed by atoms with E-state index in [-0.39, 0.29) is 5.54 Å². The molecule has 3 heteroatoms. The molecule has 0 spiro atoms. The summed E-state index contributed by atoms with van der Waals surface area (Å²) in [4.78, 5) is 8.59.